The Labute approximate surface area is 79.0 Å². The lowest BCUT2D eigenvalue weighted by Crippen LogP contribution is -2.23. The maximum atomic E-state index is 11.4. The van der Waals surface area contributed by atoms with Crippen molar-refractivity contribution in [2.75, 3.05) is 13.2 Å². The van der Waals surface area contributed by atoms with Crippen LogP contribution in [0.15, 0.2) is 11.5 Å². The van der Waals surface area contributed by atoms with E-state index < -0.39 is 16.8 Å². The van der Waals surface area contributed by atoms with Crippen molar-refractivity contribution in [3.8, 4) is 0 Å². The van der Waals surface area contributed by atoms with Crippen LogP contribution in [0.1, 0.15) is 12.8 Å². The van der Waals surface area contributed by atoms with E-state index >= 15 is 0 Å². The fourth-order valence-electron chi connectivity index (χ4n) is 1.14. The summed E-state index contributed by atoms with van der Waals surface area (Å²) in [5, 5.41) is 9.62. The highest BCUT2D eigenvalue weighted by Gasteiger charge is 2.18. The molecule has 0 aromatic rings. The van der Waals surface area contributed by atoms with Crippen LogP contribution in [0.25, 0.3) is 0 Å². The van der Waals surface area contributed by atoms with Crippen LogP contribution in [-0.2, 0) is 20.3 Å². The molecular weight excluding hydrogens is 192 g/mol. The van der Waals surface area contributed by atoms with Crippen molar-refractivity contribution in [3.05, 3.63) is 11.5 Å². The highest BCUT2D eigenvalue weighted by molar-refractivity contribution is 7.88. The fraction of sp³-hybridized carbons (Fsp3) is 0.625. The molecular formula is C8H12O4S. The zero-order valence-corrected chi connectivity index (χ0v) is 7.96. The van der Waals surface area contributed by atoms with Gasteiger partial charge in [0.15, 0.2) is 0 Å². The van der Waals surface area contributed by atoms with E-state index in [1.54, 1.807) is 0 Å². The fourth-order valence-corrected chi connectivity index (χ4v) is 2.27. The highest BCUT2D eigenvalue weighted by Crippen LogP contribution is 2.13. The lowest BCUT2D eigenvalue weighted by molar-refractivity contribution is -0.131. The first-order chi connectivity index (χ1) is 6.20. The van der Waals surface area contributed by atoms with Gasteiger partial charge >= 0.3 is 5.97 Å². The van der Waals surface area contributed by atoms with Crippen LogP contribution in [-0.4, -0.2) is 33.7 Å². The Morgan fingerprint density at radius 2 is 2.08 bits per heavy atom. The molecule has 13 heavy (non-hydrogen) atoms. The summed E-state index contributed by atoms with van der Waals surface area (Å²) in [6.45, 7) is 1.24. The summed E-state index contributed by atoms with van der Waals surface area (Å²) in [4.78, 5) is 10.1. The summed E-state index contributed by atoms with van der Waals surface area (Å²) in [7, 11) is -1.17. The number of hydrogen-bond acceptors (Lipinski definition) is 3. The minimum Gasteiger partial charge on any atom is -0.478 e. The molecule has 0 aromatic carbocycles. The molecule has 1 rings (SSSR count). The van der Waals surface area contributed by atoms with Crippen LogP contribution in [0.5, 0.6) is 0 Å². The minimum absolute atomic E-state index is 0.0596. The molecule has 0 aromatic heterocycles. The van der Waals surface area contributed by atoms with E-state index in [1.807, 2.05) is 0 Å². The molecule has 0 spiro atoms. The largest absolute Gasteiger partial charge is 0.478 e. The third-order valence-corrected chi connectivity index (χ3v) is 3.37. The van der Waals surface area contributed by atoms with Crippen LogP contribution < -0.4 is 0 Å². The first-order valence-corrected chi connectivity index (χ1v) is 5.36. The van der Waals surface area contributed by atoms with Crippen molar-refractivity contribution < 1.29 is 18.8 Å². The zero-order valence-electron chi connectivity index (χ0n) is 7.14. The first-order valence-electron chi connectivity index (χ1n) is 4.08. The number of hydrogen-bond donors (Lipinski definition) is 1. The Bertz CT molecular complexity index is 230. The summed E-state index contributed by atoms with van der Waals surface area (Å²) in [6, 6.07) is 0. The molecule has 1 unspecified atom stereocenters. The predicted octanol–water partition coefficient (Wildman–Crippen LogP) is 0.512. The molecule has 1 N–H and O–H groups in total. The molecule has 0 amide bonds. The second kappa shape index (κ2) is 5.14. The summed E-state index contributed by atoms with van der Waals surface area (Å²) < 4.78 is 16.5. The van der Waals surface area contributed by atoms with Gasteiger partial charge in [-0.25, -0.2) is 4.79 Å². The molecule has 0 bridgehead atoms. The molecule has 1 atom stereocenters. The average Bonchev–Trinajstić information content (AvgIpc) is 2.15. The van der Waals surface area contributed by atoms with Crippen molar-refractivity contribution in [3.63, 3.8) is 0 Å². The maximum absolute atomic E-state index is 11.4. The van der Waals surface area contributed by atoms with E-state index in [0.717, 1.165) is 18.9 Å². The second-order valence-corrected chi connectivity index (χ2v) is 4.38. The van der Waals surface area contributed by atoms with Gasteiger partial charge in [0, 0.05) is 40.7 Å². The Hall–Kier alpha value is -0.680. The van der Waals surface area contributed by atoms with E-state index in [4.69, 9.17) is 9.84 Å². The van der Waals surface area contributed by atoms with Gasteiger partial charge in [0.05, 0.1) is 0 Å². The predicted molar refractivity (Wildman–Crippen MR) is 48.8 cm³/mol. The molecule has 0 radical (unpaired) electrons. The van der Waals surface area contributed by atoms with Gasteiger partial charge in [0.2, 0.25) is 0 Å². The molecule has 74 valence electrons. The summed E-state index contributed by atoms with van der Waals surface area (Å²) >= 11 is 0. The Kier molecular flexibility index (Phi) is 4.11. The molecule has 1 fully saturated rings. The maximum Gasteiger partial charge on any atom is 0.328 e. The molecule has 1 saturated heterocycles. The van der Waals surface area contributed by atoms with Crippen molar-refractivity contribution in [2.24, 2.45) is 0 Å². The van der Waals surface area contributed by atoms with Gasteiger partial charge in [0.25, 0.3) is 0 Å². The summed E-state index contributed by atoms with van der Waals surface area (Å²) in [6.07, 6.45) is 2.43. The number of carboxylic acids is 1. The Morgan fingerprint density at radius 1 is 1.46 bits per heavy atom. The van der Waals surface area contributed by atoms with Crippen LogP contribution in [0.2, 0.25) is 0 Å². The van der Waals surface area contributed by atoms with Crippen LogP contribution in [0.3, 0.4) is 0 Å². The van der Waals surface area contributed by atoms with Crippen LogP contribution >= 0.6 is 0 Å². The Morgan fingerprint density at radius 3 is 2.62 bits per heavy atom. The van der Waals surface area contributed by atoms with Crippen molar-refractivity contribution >= 4 is 16.8 Å². The monoisotopic (exact) mass is 204 g/mol. The third-order valence-electron chi connectivity index (χ3n) is 1.84. The zero-order chi connectivity index (χ0) is 9.68. The van der Waals surface area contributed by atoms with Gasteiger partial charge in [-0.3, -0.25) is 4.21 Å². The molecule has 1 heterocycles. The van der Waals surface area contributed by atoms with Gasteiger partial charge < -0.3 is 9.84 Å². The third kappa shape index (κ3) is 3.69. The summed E-state index contributed by atoms with van der Waals surface area (Å²) in [5.41, 5.74) is 0. The van der Waals surface area contributed by atoms with Crippen LogP contribution in [0.4, 0.5) is 0 Å². The van der Waals surface area contributed by atoms with E-state index in [-0.39, 0.29) is 5.25 Å². The number of carbonyl (C=O) groups is 1. The Balaban J connectivity index is 2.41. The number of rotatable bonds is 3. The average molecular weight is 204 g/mol. The van der Waals surface area contributed by atoms with Gasteiger partial charge in [-0.1, -0.05) is 0 Å². The normalized spacial score (nSPS) is 21.8. The van der Waals surface area contributed by atoms with Gasteiger partial charge in [-0.05, 0) is 12.8 Å². The van der Waals surface area contributed by atoms with Crippen molar-refractivity contribution in [2.45, 2.75) is 18.1 Å². The van der Waals surface area contributed by atoms with E-state index in [9.17, 15) is 9.00 Å². The highest BCUT2D eigenvalue weighted by atomic mass is 32.2. The number of carboxylic acid groups (broad SMARTS) is 1. The summed E-state index contributed by atoms with van der Waals surface area (Å²) in [5.74, 6) is -1.06. The SMILES string of the molecule is O=C(O)/C=C/S(=O)C1CCOCC1. The topological polar surface area (TPSA) is 63.6 Å². The molecule has 4 nitrogen and oxygen atoms in total. The van der Waals surface area contributed by atoms with Gasteiger partial charge in [-0.2, -0.15) is 0 Å². The molecule has 1 aliphatic rings. The van der Waals surface area contributed by atoms with E-state index in [2.05, 4.69) is 0 Å². The number of ether oxygens (including phenoxy) is 1. The second-order valence-electron chi connectivity index (χ2n) is 2.78. The molecule has 1 aliphatic heterocycles. The molecule has 0 aliphatic carbocycles. The first kappa shape index (κ1) is 10.4. The minimum atomic E-state index is -1.17. The van der Waals surface area contributed by atoms with Gasteiger partial charge in [0.1, 0.15) is 0 Å². The lowest BCUT2D eigenvalue weighted by Gasteiger charge is -2.19. The number of aliphatic carboxylic acids is 1. The van der Waals surface area contributed by atoms with Crippen LogP contribution in [0, 0.1) is 0 Å². The standard InChI is InChI=1S/C8H12O4S/c9-8(10)3-6-13(11)7-1-4-12-5-2-7/h3,6-7H,1-2,4-5H2,(H,9,10)/b6-3+. The van der Waals surface area contributed by atoms with Gasteiger partial charge in [-0.15, -0.1) is 0 Å². The quantitative estimate of drug-likeness (QED) is 0.680. The van der Waals surface area contributed by atoms with E-state index in [0.29, 0.717) is 13.2 Å². The van der Waals surface area contributed by atoms with Crippen molar-refractivity contribution in [1.29, 1.82) is 0 Å². The van der Waals surface area contributed by atoms with E-state index in [1.165, 1.54) is 5.41 Å². The lowest BCUT2D eigenvalue weighted by atomic mass is 10.2. The van der Waals surface area contributed by atoms with Crippen molar-refractivity contribution in [1.82, 2.24) is 0 Å². The molecule has 0 saturated carbocycles. The smallest absolute Gasteiger partial charge is 0.328 e. The molecule has 5 heteroatoms.